The zero-order valence-corrected chi connectivity index (χ0v) is 13.8. The van der Waals surface area contributed by atoms with Crippen molar-refractivity contribution in [2.45, 2.75) is 32.4 Å². The predicted molar refractivity (Wildman–Crippen MR) is 95.7 cm³/mol. The van der Waals surface area contributed by atoms with Crippen LogP contribution in [-0.2, 0) is 6.42 Å². The van der Waals surface area contributed by atoms with Gasteiger partial charge in [-0.05, 0) is 56.6 Å². The van der Waals surface area contributed by atoms with Gasteiger partial charge in [-0.25, -0.2) is 5.43 Å². The van der Waals surface area contributed by atoms with Gasteiger partial charge in [-0.1, -0.05) is 48.0 Å². The van der Waals surface area contributed by atoms with Gasteiger partial charge in [-0.15, -0.1) is 0 Å². The molecule has 0 radical (unpaired) electrons. The third kappa shape index (κ3) is 3.29. The number of rotatable bonds is 4. The van der Waals surface area contributed by atoms with Gasteiger partial charge in [0.15, 0.2) is 5.11 Å². The van der Waals surface area contributed by atoms with Crippen molar-refractivity contribution >= 4 is 23.0 Å². The molecule has 114 valence electrons. The number of hydrogen-bond acceptors (Lipinski definition) is 2. The van der Waals surface area contributed by atoms with Crippen LogP contribution < -0.4 is 15.8 Å². The molecule has 1 fully saturated rings. The fourth-order valence-electron chi connectivity index (χ4n) is 2.65. The lowest BCUT2D eigenvalue weighted by atomic mass is 10.0. The van der Waals surface area contributed by atoms with Crippen LogP contribution in [0.1, 0.15) is 24.5 Å². The molecular formula is C18H21N3S. The van der Waals surface area contributed by atoms with E-state index in [0.717, 1.165) is 23.6 Å². The Hall–Kier alpha value is -1.91. The molecule has 3 nitrogen and oxygen atoms in total. The number of aryl methyl sites for hydroxylation is 2. The first-order chi connectivity index (χ1) is 10.6. The van der Waals surface area contributed by atoms with E-state index in [1.54, 1.807) is 0 Å². The van der Waals surface area contributed by atoms with E-state index in [-0.39, 0.29) is 5.66 Å². The van der Waals surface area contributed by atoms with E-state index in [9.17, 15) is 0 Å². The molecule has 0 amide bonds. The Morgan fingerprint density at radius 3 is 2.41 bits per heavy atom. The summed E-state index contributed by atoms with van der Waals surface area (Å²) in [6.45, 7) is 4.23. The molecule has 2 N–H and O–H groups in total. The van der Waals surface area contributed by atoms with E-state index in [1.165, 1.54) is 11.1 Å². The number of benzene rings is 2. The predicted octanol–water partition coefficient (Wildman–Crippen LogP) is 3.54. The molecule has 1 saturated heterocycles. The van der Waals surface area contributed by atoms with Crippen molar-refractivity contribution in [1.29, 1.82) is 0 Å². The molecule has 0 aliphatic carbocycles. The van der Waals surface area contributed by atoms with Crippen molar-refractivity contribution in [2.24, 2.45) is 0 Å². The molecular weight excluding hydrogens is 290 g/mol. The van der Waals surface area contributed by atoms with Gasteiger partial charge >= 0.3 is 0 Å². The van der Waals surface area contributed by atoms with Gasteiger partial charge in [0.1, 0.15) is 5.66 Å². The van der Waals surface area contributed by atoms with Crippen molar-refractivity contribution in [1.82, 2.24) is 10.7 Å². The molecule has 22 heavy (non-hydrogen) atoms. The maximum absolute atomic E-state index is 5.49. The minimum absolute atomic E-state index is 0.224. The van der Waals surface area contributed by atoms with E-state index in [0.29, 0.717) is 0 Å². The second-order valence-electron chi connectivity index (χ2n) is 6.03. The number of hydrazine groups is 1. The average Bonchev–Trinajstić information content (AvgIpc) is 2.83. The van der Waals surface area contributed by atoms with Gasteiger partial charge in [0, 0.05) is 0 Å². The first kappa shape index (κ1) is 15.0. The van der Waals surface area contributed by atoms with Crippen LogP contribution in [0.4, 0.5) is 5.69 Å². The molecule has 0 aromatic heterocycles. The highest BCUT2D eigenvalue weighted by Gasteiger charge is 2.36. The van der Waals surface area contributed by atoms with Gasteiger partial charge in [0.25, 0.3) is 0 Å². The monoisotopic (exact) mass is 311 g/mol. The Morgan fingerprint density at radius 2 is 1.73 bits per heavy atom. The molecule has 2 aromatic carbocycles. The molecule has 1 atom stereocenters. The highest BCUT2D eigenvalue weighted by atomic mass is 32.1. The van der Waals surface area contributed by atoms with Crippen molar-refractivity contribution < 1.29 is 0 Å². The van der Waals surface area contributed by atoms with Gasteiger partial charge in [0.2, 0.25) is 0 Å². The Labute approximate surface area is 137 Å². The minimum atomic E-state index is -0.224. The highest BCUT2D eigenvalue weighted by molar-refractivity contribution is 7.80. The third-order valence-electron chi connectivity index (χ3n) is 3.99. The number of nitrogens with one attached hydrogen (secondary N) is 2. The van der Waals surface area contributed by atoms with Crippen molar-refractivity contribution in [3.63, 3.8) is 0 Å². The quantitative estimate of drug-likeness (QED) is 0.845. The Kier molecular flexibility index (Phi) is 4.14. The first-order valence-corrected chi connectivity index (χ1v) is 7.97. The summed E-state index contributed by atoms with van der Waals surface area (Å²) in [5, 5.41) is 6.09. The zero-order valence-electron chi connectivity index (χ0n) is 13.0. The lowest BCUT2D eigenvalue weighted by molar-refractivity contribution is 0.348. The molecule has 3 rings (SSSR count). The van der Waals surface area contributed by atoms with Crippen LogP contribution in [-0.4, -0.2) is 10.8 Å². The highest BCUT2D eigenvalue weighted by Crippen LogP contribution is 2.22. The fourth-order valence-corrected chi connectivity index (χ4v) is 3.03. The average molecular weight is 311 g/mol. The lowest BCUT2D eigenvalue weighted by Gasteiger charge is -2.25. The lowest BCUT2D eigenvalue weighted by Crippen LogP contribution is -2.48. The van der Waals surface area contributed by atoms with Crippen LogP contribution in [0, 0.1) is 6.92 Å². The standard InChI is InChI=1S/C18H21N3S/c1-14-8-10-16(11-9-14)21-17(22)19-18(2,20-21)13-12-15-6-4-3-5-7-15/h3-11,20H,12-13H2,1-2H3,(H,19,22). The smallest absolute Gasteiger partial charge is 0.189 e. The topological polar surface area (TPSA) is 27.3 Å². The van der Waals surface area contributed by atoms with E-state index in [2.05, 4.69) is 73.1 Å². The van der Waals surface area contributed by atoms with Crippen molar-refractivity contribution in [3.05, 3.63) is 65.7 Å². The number of anilines is 1. The summed E-state index contributed by atoms with van der Waals surface area (Å²) in [6.07, 6.45) is 1.96. The zero-order chi connectivity index (χ0) is 15.6. The summed E-state index contributed by atoms with van der Waals surface area (Å²) in [5.41, 5.74) is 6.93. The molecule has 0 spiro atoms. The molecule has 2 aromatic rings. The molecule has 1 unspecified atom stereocenters. The second kappa shape index (κ2) is 6.07. The molecule has 0 saturated carbocycles. The Morgan fingerprint density at radius 1 is 1.05 bits per heavy atom. The SMILES string of the molecule is Cc1ccc(N2NC(C)(CCc3ccccc3)NC2=S)cc1. The van der Waals surface area contributed by atoms with Gasteiger partial charge in [-0.2, -0.15) is 0 Å². The summed E-state index contributed by atoms with van der Waals surface area (Å²) in [7, 11) is 0. The number of thiocarbonyl (C=S) groups is 1. The van der Waals surface area contributed by atoms with Crippen molar-refractivity contribution in [2.75, 3.05) is 5.01 Å². The molecule has 1 aliphatic rings. The second-order valence-corrected chi connectivity index (χ2v) is 6.42. The molecule has 0 bridgehead atoms. The third-order valence-corrected chi connectivity index (χ3v) is 4.28. The van der Waals surface area contributed by atoms with Crippen LogP contribution in [0.15, 0.2) is 54.6 Å². The van der Waals surface area contributed by atoms with Crippen LogP contribution >= 0.6 is 12.2 Å². The van der Waals surface area contributed by atoms with Gasteiger partial charge in [0.05, 0.1) is 5.69 Å². The summed E-state index contributed by atoms with van der Waals surface area (Å²) < 4.78 is 0. The molecule has 4 heteroatoms. The van der Waals surface area contributed by atoms with Crippen LogP contribution in [0.25, 0.3) is 0 Å². The maximum atomic E-state index is 5.49. The largest absolute Gasteiger partial charge is 0.342 e. The normalized spacial score (nSPS) is 21.0. The van der Waals surface area contributed by atoms with Crippen molar-refractivity contribution in [3.8, 4) is 0 Å². The van der Waals surface area contributed by atoms with Crippen LogP contribution in [0.2, 0.25) is 0 Å². The molecule has 1 heterocycles. The number of hydrogen-bond donors (Lipinski definition) is 2. The summed E-state index contributed by atoms with van der Waals surface area (Å²) in [5.74, 6) is 0. The Balaban J connectivity index is 1.68. The summed E-state index contributed by atoms with van der Waals surface area (Å²) in [4.78, 5) is 0. The van der Waals surface area contributed by atoms with Gasteiger partial charge < -0.3 is 5.32 Å². The summed E-state index contributed by atoms with van der Waals surface area (Å²) in [6, 6.07) is 18.9. The number of nitrogens with zero attached hydrogens (tertiary/aromatic N) is 1. The van der Waals surface area contributed by atoms with Crippen LogP contribution in [0.5, 0.6) is 0 Å². The summed E-state index contributed by atoms with van der Waals surface area (Å²) >= 11 is 5.49. The van der Waals surface area contributed by atoms with Crippen LogP contribution in [0.3, 0.4) is 0 Å². The minimum Gasteiger partial charge on any atom is -0.342 e. The van der Waals surface area contributed by atoms with E-state index in [4.69, 9.17) is 12.2 Å². The van der Waals surface area contributed by atoms with E-state index in [1.807, 2.05) is 11.1 Å². The van der Waals surface area contributed by atoms with E-state index < -0.39 is 0 Å². The van der Waals surface area contributed by atoms with Gasteiger partial charge in [-0.3, -0.25) is 5.01 Å². The first-order valence-electron chi connectivity index (χ1n) is 7.56. The Bertz CT molecular complexity index is 654. The van der Waals surface area contributed by atoms with E-state index >= 15 is 0 Å². The molecule has 1 aliphatic heterocycles. The maximum Gasteiger partial charge on any atom is 0.189 e. The fraction of sp³-hybridized carbons (Fsp3) is 0.278.